The smallest absolute Gasteiger partial charge is 0.389 e. The molecule has 0 aromatic heterocycles. The molecule has 0 saturated heterocycles. The number of nitrogens with one attached hydrogen (secondary N) is 1. The molecule has 112 valence electrons. The minimum absolute atomic E-state index is 0.225. The van der Waals surface area contributed by atoms with Gasteiger partial charge in [-0.2, -0.15) is 13.2 Å². The number of halogens is 3. The third kappa shape index (κ3) is 11.5. The lowest BCUT2D eigenvalue weighted by atomic mass is 9.87. The Labute approximate surface area is 110 Å². The number of carbonyl (C=O) groups is 2. The number of carboxylic acids is 1. The van der Waals surface area contributed by atoms with Gasteiger partial charge in [0.05, 0.1) is 12.8 Å². The molecule has 0 fully saturated rings. The fourth-order valence-corrected chi connectivity index (χ4v) is 1.68. The van der Waals surface area contributed by atoms with Gasteiger partial charge in [0.2, 0.25) is 5.91 Å². The van der Waals surface area contributed by atoms with E-state index in [4.69, 9.17) is 5.11 Å². The summed E-state index contributed by atoms with van der Waals surface area (Å²) in [7, 11) is 0. The van der Waals surface area contributed by atoms with E-state index in [1.54, 1.807) is 0 Å². The summed E-state index contributed by atoms with van der Waals surface area (Å²) < 4.78 is 35.9. The van der Waals surface area contributed by atoms with Crippen LogP contribution in [0.2, 0.25) is 0 Å². The van der Waals surface area contributed by atoms with Crippen LogP contribution in [0.3, 0.4) is 0 Å². The number of hydrogen-bond donors (Lipinski definition) is 2. The van der Waals surface area contributed by atoms with Crippen molar-refractivity contribution in [3.63, 3.8) is 0 Å². The average molecular weight is 283 g/mol. The minimum Gasteiger partial charge on any atom is -0.481 e. The molecule has 0 rings (SSSR count). The Morgan fingerprint density at radius 3 is 2.11 bits per heavy atom. The first kappa shape index (κ1) is 17.7. The lowest BCUT2D eigenvalue weighted by molar-refractivity contribution is -0.145. The van der Waals surface area contributed by atoms with Crippen LogP contribution in [0.4, 0.5) is 13.2 Å². The second kappa shape index (κ2) is 6.77. The molecule has 0 aliphatic carbocycles. The second-order valence-corrected chi connectivity index (χ2v) is 5.74. The quantitative estimate of drug-likeness (QED) is 0.787. The van der Waals surface area contributed by atoms with Crippen LogP contribution in [-0.4, -0.2) is 29.2 Å². The normalized spacial score (nSPS) is 14.0. The summed E-state index contributed by atoms with van der Waals surface area (Å²) in [5.74, 6) is -1.86. The van der Waals surface area contributed by atoms with Gasteiger partial charge in [0, 0.05) is 12.5 Å². The molecule has 0 spiro atoms. The van der Waals surface area contributed by atoms with Crippen molar-refractivity contribution in [3.05, 3.63) is 0 Å². The van der Waals surface area contributed by atoms with Crippen LogP contribution in [0.25, 0.3) is 0 Å². The highest BCUT2D eigenvalue weighted by Crippen LogP contribution is 2.23. The number of rotatable bonds is 6. The molecule has 19 heavy (non-hydrogen) atoms. The van der Waals surface area contributed by atoms with E-state index in [1.165, 1.54) is 0 Å². The third-order valence-electron chi connectivity index (χ3n) is 2.28. The highest BCUT2D eigenvalue weighted by molar-refractivity contribution is 5.77. The van der Waals surface area contributed by atoms with Crippen LogP contribution in [-0.2, 0) is 9.59 Å². The van der Waals surface area contributed by atoms with E-state index in [-0.39, 0.29) is 11.8 Å². The maximum atomic E-state index is 12.0. The number of hydrogen-bond acceptors (Lipinski definition) is 2. The molecule has 0 bridgehead atoms. The zero-order valence-electron chi connectivity index (χ0n) is 11.3. The molecule has 2 N–H and O–H groups in total. The van der Waals surface area contributed by atoms with Crippen molar-refractivity contribution in [1.29, 1.82) is 0 Å². The number of carbonyl (C=O) groups excluding carboxylic acids is 1. The van der Waals surface area contributed by atoms with Gasteiger partial charge in [-0.3, -0.25) is 9.59 Å². The van der Waals surface area contributed by atoms with Gasteiger partial charge in [0.15, 0.2) is 0 Å². The molecule has 1 amide bonds. The van der Waals surface area contributed by atoms with Crippen molar-refractivity contribution in [2.75, 3.05) is 0 Å². The predicted octanol–water partition coefficient (Wildman–Crippen LogP) is 2.72. The lowest BCUT2D eigenvalue weighted by Crippen LogP contribution is -2.39. The topological polar surface area (TPSA) is 66.4 Å². The Morgan fingerprint density at radius 2 is 1.74 bits per heavy atom. The summed E-state index contributed by atoms with van der Waals surface area (Å²) in [5.41, 5.74) is -0.225. The van der Waals surface area contributed by atoms with Gasteiger partial charge in [0.1, 0.15) is 0 Å². The summed E-state index contributed by atoms with van der Waals surface area (Å²) in [6.45, 7) is 5.59. The molecular formula is C12H20F3NO3. The van der Waals surface area contributed by atoms with E-state index < -0.39 is 36.9 Å². The number of alkyl halides is 3. The van der Waals surface area contributed by atoms with E-state index in [0.717, 1.165) is 0 Å². The van der Waals surface area contributed by atoms with E-state index in [0.29, 0.717) is 6.42 Å². The molecule has 0 aromatic rings. The molecular weight excluding hydrogens is 263 g/mol. The Morgan fingerprint density at radius 1 is 1.21 bits per heavy atom. The Hall–Kier alpha value is -1.27. The summed E-state index contributed by atoms with van der Waals surface area (Å²) in [4.78, 5) is 22.0. The molecule has 0 aromatic carbocycles. The van der Waals surface area contributed by atoms with Crippen LogP contribution < -0.4 is 5.32 Å². The zero-order valence-corrected chi connectivity index (χ0v) is 11.3. The molecule has 0 aliphatic heterocycles. The molecule has 4 nitrogen and oxygen atoms in total. The van der Waals surface area contributed by atoms with Crippen LogP contribution >= 0.6 is 0 Å². The van der Waals surface area contributed by atoms with Crippen molar-refractivity contribution in [2.45, 2.75) is 58.7 Å². The lowest BCUT2D eigenvalue weighted by Gasteiger charge is -2.25. The van der Waals surface area contributed by atoms with E-state index >= 15 is 0 Å². The van der Waals surface area contributed by atoms with Crippen molar-refractivity contribution in [2.24, 2.45) is 5.41 Å². The second-order valence-electron chi connectivity index (χ2n) is 5.74. The van der Waals surface area contributed by atoms with Gasteiger partial charge in [-0.15, -0.1) is 0 Å². The van der Waals surface area contributed by atoms with Crippen molar-refractivity contribution < 1.29 is 27.9 Å². The van der Waals surface area contributed by atoms with Gasteiger partial charge < -0.3 is 10.4 Å². The van der Waals surface area contributed by atoms with Crippen LogP contribution in [0, 0.1) is 5.41 Å². The summed E-state index contributed by atoms with van der Waals surface area (Å²) in [5, 5.41) is 11.1. The van der Waals surface area contributed by atoms with Crippen molar-refractivity contribution in [3.8, 4) is 0 Å². The molecule has 7 heteroatoms. The first-order valence-electron chi connectivity index (χ1n) is 5.97. The predicted molar refractivity (Wildman–Crippen MR) is 63.5 cm³/mol. The molecule has 1 unspecified atom stereocenters. The first-order chi connectivity index (χ1) is 8.39. The van der Waals surface area contributed by atoms with E-state index in [1.807, 2.05) is 20.8 Å². The molecule has 0 radical (unpaired) electrons. The molecule has 0 heterocycles. The van der Waals surface area contributed by atoms with Crippen molar-refractivity contribution in [1.82, 2.24) is 5.32 Å². The van der Waals surface area contributed by atoms with Crippen LogP contribution in [0.1, 0.15) is 46.5 Å². The largest absolute Gasteiger partial charge is 0.481 e. The van der Waals surface area contributed by atoms with Gasteiger partial charge in [-0.25, -0.2) is 0 Å². The highest BCUT2D eigenvalue weighted by atomic mass is 19.4. The minimum atomic E-state index is -4.39. The van der Waals surface area contributed by atoms with Crippen molar-refractivity contribution >= 4 is 11.9 Å². The Balaban J connectivity index is 4.39. The summed E-state index contributed by atoms with van der Waals surface area (Å²) >= 11 is 0. The fourth-order valence-electron chi connectivity index (χ4n) is 1.68. The molecule has 0 aliphatic rings. The Bertz CT molecular complexity index is 321. The van der Waals surface area contributed by atoms with Gasteiger partial charge in [0.25, 0.3) is 0 Å². The maximum Gasteiger partial charge on any atom is 0.389 e. The average Bonchev–Trinajstić information content (AvgIpc) is 2.09. The van der Waals surface area contributed by atoms with Gasteiger partial charge in [-0.1, -0.05) is 20.8 Å². The standard InChI is InChI=1S/C12H20F3NO3/c1-11(2,3)7-8(6-10(18)19)16-9(17)4-5-12(13,14)15/h8H,4-7H2,1-3H3,(H,16,17)(H,18,19). The van der Waals surface area contributed by atoms with Crippen LogP contribution in [0.15, 0.2) is 0 Å². The zero-order chi connectivity index (χ0) is 15.3. The van der Waals surface area contributed by atoms with E-state index in [2.05, 4.69) is 5.32 Å². The number of amides is 1. The van der Waals surface area contributed by atoms with Crippen LogP contribution in [0.5, 0.6) is 0 Å². The third-order valence-corrected chi connectivity index (χ3v) is 2.28. The number of aliphatic carboxylic acids is 1. The fraction of sp³-hybridized carbons (Fsp3) is 0.833. The SMILES string of the molecule is CC(C)(C)CC(CC(=O)O)NC(=O)CCC(F)(F)F. The number of carboxylic acid groups (broad SMARTS) is 1. The van der Waals surface area contributed by atoms with Gasteiger partial charge >= 0.3 is 12.1 Å². The maximum absolute atomic E-state index is 12.0. The monoisotopic (exact) mass is 283 g/mol. The summed E-state index contributed by atoms with van der Waals surface area (Å²) in [6, 6.07) is -0.654. The Kier molecular flexibility index (Phi) is 6.32. The van der Waals surface area contributed by atoms with E-state index in [9.17, 15) is 22.8 Å². The molecule has 1 atom stereocenters. The molecule has 0 saturated carbocycles. The van der Waals surface area contributed by atoms with Gasteiger partial charge in [-0.05, 0) is 11.8 Å². The first-order valence-corrected chi connectivity index (χ1v) is 5.97. The highest BCUT2D eigenvalue weighted by Gasteiger charge is 2.29. The summed E-state index contributed by atoms with van der Waals surface area (Å²) in [6.07, 6.45) is -6.17.